The molecule has 0 atom stereocenters. The predicted octanol–water partition coefficient (Wildman–Crippen LogP) is 4.34. The Hall–Kier alpha value is -4.98. The number of piperidine rings is 1. The molecule has 1 amide bonds. The smallest absolute Gasteiger partial charge is 0.323 e. The van der Waals surface area contributed by atoms with Gasteiger partial charge in [-0.1, -0.05) is 6.07 Å². The quantitative estimate of drug-likeness (QED) is 0.190. The summed E-state index contributed by atoms with van der Waals surface area (Å²) in [7, 11) is 3.13. The number of ether oxygens (including phenoxy) is 3. The number of nitrogens with zero attached hydrogens (tertiary/aromatic N) is 3. The van der Waals surface area contributed by atoms with Gasteiger partial charge in [-0.05, 0) is 63.1 Å². The lowest BCUT2D eigenvalue weighted by atomic mass is 9.97. The van der Waals surface area contributed by atoms with Crippen LogP contribution in [-0.2, 0) is 4.79 Å². The number of rotatable bonds is 10. The number of aromatic hydroxyl groups is 1. The molecule has 234 valence electrons. The lowest BCUT2D eigenvalue weighted by Crippen LogP contribution is -2.54. The van der Waals surface area contributed by atoms with Crippen molar-refractivity contribution >= 4 is 17.7 Å². The molecule has 3 aromatic rings. The molecule has 0 unspecified atom stereocenters. The summed E-state index contributed by atoms with van der Waals surface area (Å²) < 4.78 is 48.6. The van der Waals surface area contributed by atoms with Crippen molar-refractivity contribution in [1.29, 1.82) is 5.41 Å². The summed E-state index contributed by atoms with van der Waals surface area (Å²) in [5.74, 6) is -7.45. The summed E-state index contributed by atoms with van der Waals surface area (Å²) in [6, 6.07) is 9.56. The summed E-state index contributed by atoms with van der Waals surface area (Å²) in [5, 5.41) is 27.5. The number of aromatic nitrogens is 1. The largest absolute Gasteiger partial charge is 0.504 e. The second kappa shape index (κ2) is 12.7. The van der Waals surface area contributed by atoms with Crippen LogP contribution >= 0.6 is 0 Å². The van der Waals surface area contributed by atoms with Gasteiger partial charge in [0, 0.05) is 38.3 Å². The first-order chi connectivity index (χ1) is 20.7. The van der Waals surface area contributed by atoms with E-state index in [1.807, 2.05) is 0 Å². The minimum absolute atomic E-state index is 0.0123. The minimum Gasteiger partial charge on any atom is -0.504 e. The van der Waals surface area contributed by atoms with Crippen LogP contribution in [0, 0.1) is 17.0 Å². The summed E-state index contributed by atoms with van der Waals surface area (Å²) >= 11 is 0. The lowest BCUT2D eigenvalue weighted by molar-refractivity contribution is -0.150. The standard InChI is InChI=1S/C30H33F2N5O7/c1-30(2,29(40)41)37-12-10-18(11-13-37)42-24-22(31)26(43-19-7-5-6-17(14-19)28(39)36(3)4)35-27(23(24)32)44-21-15-16(25(33)34)8-9-20(21)38/h5-9,14-15,18,38H,10-13H2,1-4H3,(H3,33,34)(H,40,41). The second-order valence-electron chi connectivity index (χ2n) is 10.9. The number of carbonyl (C=O) groups is 2. The number of aliphatic carboxylic acids is 1. The lowest BCUT2D eigenvalue weighted by Gasteiger charge is -2.40. The van der Waals surface area contributed by atoms with E-state index in [9.17, 15) is 19.8 Å². The third kappa shape index (κ3) is 6.80. The number of hydrogen-bond donors (Lipinski definition) is 4. The monoisotopic (exact) mass is 613 g/mol. The zero-order valence-electron chi connectivity index (χ0n) is 24.6. The van der Waals surface area contributed by atoms with Crippen molar-refractivity contribution in [1.82, 2.24) is 14.8 Å². The van der Waals surface area contributed by atoms with Crippen molar-refractivity contribution in [3.8, 4) is 34.8 Å². The number of nitrogens with two attached hydrogens (primary N) is 1. The van der Waals surface area contributed by atoms with Crippen molar-refractivity contribution in [3.63, 3.8) is 0 Å². The molecule has 1 aliphatic rings. The van der Waals surface area contributed by atoms with Crippen LogP contribution in [0.15, 0.2) is 42.5 Å². The maximum atomic E-state index is 15.8. The fraction of sp³-hybridized carbons (Fsp3) is 0.333. The fourth-order valence-electron chi connectivity index (χ4n) is 4.48. The second-order valence-corrected chi connectivity index (χ2v) is 10.9. The van der Waals surface area contributed by atoms with Crippen LogP contribution in [0.25, 0.3) is 0 Å². The Bertz CT molecular complexity index is 1590. The third-order valence-electron chi connectivity index (χ3n) is 7.20. The summed E-state index contributed by atoms with van der Waals surface area (Å²) in [6.45, 7) is 3.74. The van der Waals surface area contributed by atoms with E-state index in [0.717, 1.165) is 0 Å². The number of hydrogen-bond acceptors (Lipinski definition) is 9. The third-order valence-corrected chi connectivity index (χ3v) is 7.20. The number of carboxylic acids is 1. The topological polar surface area (TPSA) is 172 Å². The Morgan fingerprint density at radius 3 is 2.27 bits per heavy atom. The number of phenolic OH excluding ortho intramolecular Hbond substituents is 1. The number of benzene rings is 2. The molecule has 44 heavy (non-hydrogen) atoms. The summed E-state index contributed by atoms with van der Waals surface area (Å²) in [4.78, 5) is 31.0. The van der Waals surface area contributed by atoms with Crippen molar-refractivity contribution < 1.29 is 42.8 Å². The average molecular weight is 614 g/mol. The highest BCUT2D eigenvalue weighted by Gasteiger charge is 2.38. The molecule has 1 aliphatic heterocycles. The zero-order valence-corrected chi connectivity index (χ0v) is 24.6. The summed E-state index contributed by atoms with van der Waals surface area (Å²) in [5.41, 5.74) is 4.78. The first-order valence-corrected chi connectivity index (χ1v) is 13.6. The van der Waals surface area contributed by atoms with E-state index in [1.165, 1.54) is 47.4 Å². The van der Waals surface area contributed by atoms with Gasteiger partial charge in [-0.25, -0.2) is 0 Å². The molecule has 2 aromatic carbocycles. The average Bonchev–Trinajstić information content (AvgIpc) is 2.98. The van der Waals surface area contributed by atoms with Crippen LogP contribution in [0.5, 0.6) is 34.8 Å². The first-order valence-electron chi connectivity index (χ1n) is 13.6. The SMILES string of the molecule is CN(C)C(=O)c1cccc(Oc2nc(Oc3cc(C(=N)N)ccc3O)c(F)c(OC3CCN(C(C)(C)C(=O)O)CC3)c2F)c1. The van der Waals surface area contributed by atoms with Gasteiger partial charge in [-0.15, -0.1) is 0 Å². The van der Waals surface area contributed by atoms with E-state index in [2.05, 4.69) is 4.98 Å². The number of amidine groups is 1. The van der Waals surface area contributed by atoms with Crippen molar-refractivity contribution in [2.24, 2.45) is 5.73 Å². The number of pyridine rings is 1. The van der Waals surface area contributed by atoms with Gasteiger partial charge in [0.05, 0.1) is 0 Å². The van der Waals surface area contributed by atoms with E-state index in [1.54, 1.807) is 32.8 Å². The highest BCUT2D eigenvalue weighted by molar-refractivity contribution is 5.95. The maximum Gasteiger partial charge on any atom is 0.323 e. The Morgan fingerprint density at radius 1 is 1.05 bits per heavy atom. The van der Waals surface area contributed by atoms with Gasteiger partial charge in [-0.2, -0.15) is 13.8 Å². The van der Waals surface area contributed by atoms with Gasteiger partial charge < -0.3 is 35.1 Å². The molecule has 0 bridgehead atoms. The van der Waals surface area contributed by atoms with E-state index < -0.39 is 52.5 Å². The fourth-order valence-corrected chi connectivity index (χ4v) is 4.48. The number of phenols is 1. The number of carbonyl (C=O) groups excluding carboxylic acids is 1. The van der Waals surface area contributed by atoms with Crippen LogP contribution in [-0.4, -0.2) is 81.5 Å². The van der Waals surface area contributed by atoms with E-state index in [0.29, 0.717) is 13.1 Å². The van der Waals surface area contributed by atoms with Gasteiger partial charge in [0.15, 0.2) is 11.5 Å². The number of nitrogens with one attached hydrogen (secondary N) is 1. The molecule has 1 saturated heterocycles. The Kier molecular flexibility index (Phi) is 9.23. The maximum absolute atomic E-state index is 15.8. The molecule has 1 fully saturated rings. The number of amides is 1. The summed E-state index contributed by atoms with van der Waals surface area (Å²) in [6.07, 6.45) is -0.167. The van der Waals surface area contributed by atoms with Crippen LogP contribution in [0.2, 0.25) is 0 Å². The molecule has 2 heterocycles. The van der Waals surface area contributed by atoms with Crippen LogP contribution in [0.1, 0.15) is 42.6 Å². The molecule has 1 aromatic heterocycles. The first kappa shape index (κ1) is 31.9. The van der Waals surface area contributed by atoms with Crippen LogP contribution in [0.3, 0.4) is 0 Å². The Morgan fingerprint density at radius 2 is 1.68 bits per heavy atom. The Balaban J connectivity index is 1.71. The number of likely N-dealkylation sites (tertiary alicyclic amines) is 1. The minimum atomic E-state index is -1.33. The number of nitrogen functional groups attached to an aromatic ring is 1. The molecule has 5 N–H and O–H groups in total. The molecule has 4 rings (SSSR count). The number of carboxylic acid groups (broad SMARTS) is 1. The van der Waals surface area contributed by atoms with Crippen LogP contribution in [0.4, 0.5) is 8.78 Å². The molecular formula is C30H33F2N5O7. The highest BCUT2D eigenvalue weighted by Crippen LogP contribution is 2.40. The van der Waals surface area contributed by atoms with Gasteiger partial charge in [0.1, 0.15) is 23.2 Å². The van der Waals surface area contributed by atoms with Gasteiger partial charge >= 0.3 is 5.97 Å². The molecular weight excluding hydrogens is 580 g/mol. The molecule has 0 radical (unpaired) electrons. The van der Waals surface area contributed by atoms with Crippen molar-refractivity contribution in [2.75, 3.05) is 27.2 Å². The molecule has 12 nitrogen and oxygen atoms in total. The number of halogens is 2. The molecule has 0 aliphatic carbocycles. The zero-order chi connectivity index (χ0) is 32.3. The van der Waals surface area contributed by atoms with E-state index in [4.69, 9.17) is 25.4 Å². The van der Waals surface area contributed by atoms with Crippen molar-refractivity contribution in [2.45, 2.75) is 38.3 Å². The molecule has 0 spiro atoms. The molecule has 0 saturated carbocycles. The van der Waals surface area contributed by atoms with Crippen LogP contribution < -0.4 is 19.9 Å². The highest BCUT2D eigenvalue weighted by atomic mass is 19.1. The van der Waals surface area contributed by atoms with Gasteiger partial charge in [-0.3, -0.25) is 19.9 Å². The van der Waals surface area contributed by atoms with E-state index in [-0.39, 0.29) is 47.2 Å². The normalized spacial score (nSPS) is 14.1. The van der Waals surface area contributed by atoms with Gasteiger partial charge in [0.25, 0.3) is 17.7 Å². The molecule has 14 heteroatoms. The predicted molar refractivity (Wildman–Crippen MR) is 155 cm³/mol. The van der Waals surface area contributed by atoms with Crippen molar-refractivity contribution in [3.05, 3.63) is 65.2 Å². The Labute approximate surface area is 252 Å². The van der Waals surface area contributed by atoms with Gasteiger partial charge in [0.2, 0.25) is 17.4 Å². The van der Waals surface area contributed by atoms with E-state index >= 15 is 8.78 Å².